The number of carbonyl (C=O) groups excluding carboxylic acids is 3. The molecule has 17 nitrogen and oxygen atoms in total. The zero-order valence-electron chi connectivity index (χ0n) is 36.6. The molecule has 0 saturated carbocycles. The molecular weight excluding hydrogens is 899 g/mol. The fraction of sp³-hybridized carbons (Fsp3) is 0.524. The smallest absolute Gasteiger partial charge is 0.333 e. The lowest BCUT2D eigenvalue weighted by atomic mass is 9.73. The van der Waals surface area contributed by atoms with Gasteiger partial charge >= 0.3 is 5.97 Å². The van der Waals surface area contributed by atoms with Crippen LogP contribution in [0.4, 0.5) is 5.69 Å². The van der Waals surface area contributed by atoms with E-state index in [0.29, 0.717) is 72.5 Å². The summed E-state index contributed by atoms with van der Waals surface area (Å²) < 4.78 is 95.8. The Balaban J connectivity index is 1.77. The van der Waals surface area contributed by atoms with E-state index in [1.807, 2.05) is 32.9 Å². The van der Waals surface area contributed by atoms with Gasteiger partial charge in [-0.25, -0.2) is 13.2 Å². The predicted molar refractivity (Wildman–Crippen MR) is 238 cm³/mol. The molecule has 0 aromatic heterocycles. The molecule has 4 unspecified atom stereocenters. The van der Waals surface area contributed by atoms with E-state index in [-0.39, 0.29) is 47.1 Å². The molecule has 348 valence electrons. The van der Waals surface area contributed by atoms with E-state index >= 15 is 0 Å². The third-order valence-corrected chi connectivity index (χ3v) is 15.6. The highest BCUT2D eigenvalue weighted by Gasteiger charge is 2.40. The van der Waals surface area contributed by atoms with Gasteiger partial charge in [0.15, 0.2) is 22.2 Å². The fourth-order valence-corrected chi connectivity index (χ4v) is 9.92. The summed E-state index contributed by atoms with van der Waals surface area (Å²) in [5.74, 6) is -1.36. The summed E-state index contributed by atoms with van der Waals surface area (Å²) in [4.78, 5) is 46.2. The molecule has 0 spiro atoms. The third-order valence-electron chi connectivity index (χ3n) is 11.1. The second-order valence-electron chi connectivity index (χ2n) is 15.4. The summed E-state index contributed by atoms with van der Waals surface area (Å²) in [5, 5.41) is 3.99. The number of benzene rings is 2. The normalized spacial score (nSPS) is 19.8. The van der Waals surface area contributed by atoms with Crippen LogP contribution in [0.3, 0.4) is 0 Å². The van der Waals surface area contributed by atoms with E-state index in [9.17, 15) is 39.6 Å². The Hall–Kier alpha value is -3.96. The molecule has 1 fully saturated rings. The van der Waals surface area contributed by atoms with Crippen molar-refractivity contribution in [2.24, 2.45) is 4.99 Å². The minimum absolute atomic E-state index is 0.00316. The Morgan fingerprint density at radius 1 is 0.873 bits per heavy atom. The number of amides is 2. The van der Waals surface area contributed by atoms with Gasteiger partial charge in [-0.2, -0.15) is 16.8 Å². The van der Waals surface area contributed by atoms with E-state index in [1.54, 1.807) is 24.3 Å². The van der Waals surface area contributed by atoms with Gasteiger partial charge in [-0.3, -0.25) is 31.3 Å². The second-order valence-corrected chi connectivity index (χ2v) is 21.5. The molecule has 2 aliphatic rings. The number of hydroxylamine groups is 2. The van der Waals surface area contributed by atoms with Crippen molar-refractivity contribution in [1.29, 1.82) is 0 Å². The van der Waals surface area contributed by atoms with Gasteiger partial charge in [0.2, 0.25) is 0 Å². The van der Waals surface area contributed by atoms with Crippen LogP contribution in [-0.2, 0) is 89.2 Å². The fourth-order valence-electron chi connectivity index (χ4n) is 7.43. The molecule has 1 N–H and O–H groups in total. The summed E-state index contributed by atoms with van der Waals surface area (Å²) in [6.07, 6.45) is 6.97. The molecule has 0 aliphatic carbocycles. The minimum Gasteiger partial charge on any atom is -0.358 e. The Bertz CT molecular complexity index is 2370. The summed E-state index contributed by atoms with van der Waals surface area (Å²) in [6.45, 7) is 6.06. The zero-order chi connectivity index (χ0) is 46.6. The van der Waals surface area contributed by atoms with Crippen molar-refractivity contribution in [3.63, 3.8) is 0 Å². The molecule has 2 amide bonds. The van der Waals surface area contributed by atoms with E-state index in [0.717, 1.165) is 25.5 Å². The number of unbranched alkanes of at least 4 members (excludes halogenated alkanes) is 2. The number of hydrogen-bond donors (Lipinski definition) is 1. The highest BCUT2D eigenvalue weighted by atomic mass is 32.2. The summed E-state index contributed by atoms with van der Waals surface area (Å²) in [7, 11) is -3.23. The van der Waals surface area contributed by atoms with Crippen molar-refractivity contribution in [2.75, 3.05) is 51.8 Å². The van der Waals surface area contributed by atoms with Crippen LogP contribution >= 0.6 is 0 Å². The molecule has 4 rings (SSSR count). The molecular formula is C42H57N3O14S4. The number of hydrogen-bond acceptors (Lipinski definition) is 16. The Kier molecular flexibility index (Phi) is 18.7. The topological polar surface area (TPSA) is 227 Å². The number of nitrogens with zero attached hydrogens (tertiary/aromatic N) is 2. The maximum absolute atomic E-state index is 12.9. The Labute approximate surface area is 375 Å². The first-order valence-corrected chi connectivity index (χ1v) is 25.6. The van der Waals surface area contributed by atoms with Crippen molar-refractivity contribution in [3.8, 4) is 0 Å². The quantitative estimate of drug-likeness (QED) is 0.0552. The first kappa shape index (κ1) is 51.7. The van der Waals surface area contributed by atoms with Crippen LogP contribution in [0.25, 0.3) is 0 Å². The average molecular weight is 956 g/mol. The minimum atomic E-state index is -4.09. The molecule has 63 heavy (non-hydrogen) atoms. The molecule has 2 aliphatic heterocycles. The third kappa shape index (κ3) is 13.3. The van der Waals surface area contributed by atoms with Crippen LogP contribution in [0.1, 0.15) is 96.1 Å². The molecule has 2 aromatic rings. The van der Waals surface area contributed by atoms with Crippen LogP contribution in [0.15, 0.2) is 80.7 Å². The molecule has 2 aromatic carbocycles. The van der Waals surface area contributed by atoms with Gasteiger partial charge in [0.1, 0.15) is 0 Å². The van der Waals surface area contributed by atoms with Crippen LogP contribution in [0.2, 0.25) is 0 Å². The second kappa shape index (κ2) is 22.8. The van der Waals surface area contributed by atoms with Crippen molar-refractivity contribution in [1.82, 2.24) is 5.06 Å². The summed E-state index contributed by atoms with van der Waals surface area (Å²) in [6, 6.07) is 11.1. The highest BCUT2D eigenvalue weighted by Crippen LogP contribution is 2.48. The number of rotatable bonds is 25. The maximum atomic E-state index is 12.9. The first-order valence-electron chi connectivity index (χ1n) is 20.3. The monoisotopic (exact) mass is 955 g/mol. The molecule has 2 heterocycles. The molecule has 21 heteroatoms. The van der Waals surface area contributed by atoms with Crippen molar-refractivity contribution in [3.05, 3.63) is 77.0 Å². The Morgan fingerprint density at radius 2 is 1.49 bits per heavy atom. The molecule has 4 atom stereocenters. The predicted octanol–water partition coefficient (Wildman–Crippen LogP) is 5.62. The van der Waals surface area contributed by atoms with E-state index in [4.69, 9.17) is 26.6 Å². The average Bonchev–Trinajstić information content (AvgIpc) is 3.72. The van der Waals surface area contributed by atoms with Gasteiger partial charge in [0.05, 0.1) is 38.2 Å². The standard InChI is InChI=1S/C42H57N3O14S4/c1-30(27-37-42(3,22-13-25-61(50)56-5)34-29-33(63(53,54)58-7)17-18-35(34)44-37)26-36(43-23-10-8-9-16-40(48)59-45-38(46)19-20-39(45)47)41(2,21-12-24-60(49)55-4)31-14-11-15-32(28-31)62(51,52)57-6/h11,14-15,17-18,26-29,44H,8-10,12-13,16,19-25H2,1-7H3/b30-26+,37-27+,43-36+. The van der Waals surface area contributed by atoms with Gasteiger partial charge in [0.25, 0.3) is 32.1 Å². The molecule has 0 bridgehead atoms. The summed E-state index contributed by atoms with van der Waals surface area (Å²) >= 11 is -3.08. The lowest BCUT2D eigenvalue weighted by Crippen LogP contribution is -2.33. The van der Waals surface area contributed by atoms with Crippen molar-refractivity contribution in [2.45, 2.75) is 106 Å². The van der Waals surface area contributed by atoms with E-state index < -0.39 is 71.0 Å². The number of nitrogens with one attached hydrogen (secondary N) is 1. The van der Waals surface area contributed by atoms with Crippen LogP contribution in [-0.4, -0.2) is 100 Å². The Morgan fingerprint density at radius 3 is 2.11 bits per heavy atom. The SMILES string of the molecule is COS(=O)CCCC(C)(C(/C=C(C)/C=C1/Nc2ccc(S(=O)(=O)OC)cc2C1(C)CCCS(=O)OC)=N/CCCCCC(=O)ON1C(=O)CCC1=O)c1cccc(S(=O)(=O)OC)c1. The zero-order valence-corrected chi connectivity index (χ0v) is 39.9. The highest BCUT2D eigenvalue weighted by molar-refractivity contribution is 7.87. The number of allylic oxidation sites excluding steroid dienone is 4. The van der Waals surface area contributed by atoms with Crippen LogP contribution in [0.5, 0.6) is 0 Å². The number of fused-ring (bicyclic) bond motifs is 1. The van der Waals surface area contributed by atoms with Crippen molar-refractivity contribution < 1.29 is 61.2 Å². The van der Waals surface area contributed by atoms with Crippen molar-refractivity contribution >= 4 is 71.6 Å². The summed E-state index contributed by atoms with van der Waals surface area (Å²) in [5.41, 5.74) is 2.25. The van der Waals surface area contributed by atoms with Crippen LogP contribution in [0, 0.1) is 0 Å². The van der Waals surface area contributed by atoms with Gasteiger partial charge in [-0.05, 0) is 118 Å². The van der Waals surface area contributed by atoms with Gasteiger partial charge in [-0.15, -0.1) is 5.06 Å². The van der Waals surface area contributed by atoms with E-state index in [1.165, 1.54) is 32.4 Å². The van der Waals surface area contributed by atoms with Gasteiger partial charge < -0.3 is 10.2 Å². The number of anilines is 1. The van der Waals surface area contributed by atoms with Gasteiger partial charge in [-0.1, -0.05) is 18.6 Å². The largest absolute Gasteiger partial charge is 0.358 e. The molecule has 0 radical (unpaired) electrons. The lowest BCUT2D eigenvalue weighted by molar-refractivity contribution is -0.197. The van der Waals surface area contributed by atoms with E-state index in [2.05, 4.69) is 5.32 Å². The lowest BCUT2D eigenvalue weighted by Gasteiger charge is -2.32. The van der Waals surface area contributed by atoms with Gasteiger partial charge in [0, 0.05) is 65.2 Å². The first-order chi connectivity index (χ1) is 29.7. The number of carbonyl (C=O) groups is 3. The maximum Gasteiger partial charge on any atom is 0.333 e. The number of imide groups is 1. The molecule has 1 saturated heterocycles. The van der Waals surface area contributed by atoms with Crippen LogP contribution < -0.4 is 5.32 Å². The number of aliphatic imine (C=N–C) groups is 1.